The first kappa shape index (κ1) is 14.0. The van der Waals surface area contributed by atoms with Crippen LogP contribution in [0.1, 0.15) is 18.4 Å². The normalized spacial score (nSPS) is 18.6. The number of rotatable bonds is 4. The molecular weight excluding hydrogens is 263 g/mol. The lowest BCUT2D eigenvalue weighted by atomic mass is 10.1. The van der Waals surface area contributed by atoms with Crippen LogP contribution in [0.2, 0.25) is 0 Å². The van der Waals surface area contributed by atoms with E-state index in [2.05, 4.69) is 0 Å². The number of carbonyl (C=O) groups excluding carboxylic acids is 1. The monoisotopic (exact) mass is 278 g/mol. The second-order valence-corrected chi connectivity index (χ2v) is 4.60. The highest BCUT2D eigenvalue weighted by atomic mass is 19.1. The number of carboxylic acids is 1. The Morgan fingerprint density at radius 1 is 1.45 bits per heavy atom. The van der Waals surface area contributed by atoms with Crippen molar-refractivity contribution in [2.24, 2.45) is 5.73 Å². The minimum absolute atomic E-state index is 0.156. The van der Waals surface area contributed by atoms with Crippen LogP contribution in [-0.2, 0) is 9.59 Å². The molecule has 2 rings (SSSR count). The number of nitrogens with zero attached hydrogens (tertiary/aromatic N) is 1. The summed E-state index contributed by atoms with van der Waals surface area (Å²) in [5.41, 5.74) is 5.99. The zero-order valence-electron chi connectivity index (χ0n) is 10.8. The number of hydrogen-bond donors (Lipinski definition) is 2. The number of halogens is 1. The smallest absolute Gasteiger partial charge is 0.328 e. The largest absolute Gasteiger partial charge is 0.478 e. The van der Waals surface area contributed by atoms with Gasteiger partial charge in [0.25, 0.3) is 0 Å². The van der Waals surface area contributed by atoms with Gasteiger partial charge < -0.3 is 15.7 Å². The first-order valence-corrected chi connectivity index (χ1v) is 6.26. The number of primary amides is 1. The predicted molar refractivity (Wildman–Crippen MR) is 72.6 cm³/mol. The molecule has 1 atom stereocenters. The fourth-order valence-electron chi connectivity index (χ4n) is 2.45. The van der Waals surface area contributed by atoms with Crippen molar-refractivity contribution in [1.82, 2.24) is 0 Å². The molecule has 1 fully saturated rings. The number of carbonyl (C=O) groups is 2. The molecule has 1 aliphatic heterocycles. The fourth-order valence-corrected chi connectivity index (χ4v) is 2.45. The van der Waals surface area contributed by atoms with Crippen molar-refractivity contribution < 1.29 is 19.1 Å². The molecule has 0 spiro atoms. The Morgan fingerprint density at radius 2 is 2.20 bits per heavy atom. The number of aliphatic carboxylic acids is 1. The second kappa shape index (κ2) is 5.73. The third kappa shape index (κ3) is 2.79. The summed E-state index contributed by atoms with van der Waals surface area (Å²) in [6, 6.07) is 3.96. The molecule has 1 heterocycles. The van der Waals surface area contributed by atoms with Gasteiger partial charge in [-0.15, -0.1) is 0 Å². The Hall–Kier alpha value is -2.37. The molecule has 5 nitrogen and oxygen atoms in total. The van der Waals surface area contributed by atoms with E-state index in [-0.39, 0.29) is 5.56 Å². The van der Waals surface area contributed by atoms with Gasteiger partial charge in [0.2, 0.25) is 5.91 Å². The minimum Gasteiger partial charge on any atom is -0.478 e. The summed E-state index contributed by atoms with van der Waals surface area (Å²) in [6.07, 6.45) is 3.47. The van der Waals surface area contributed by atoms with E-state index in [1.165, 1.54) is 18.2 Å². The zero-order valence-corrected chi connectivity index (χ0v) is 10.8. The van der Waals surface area contributed by atoms with Gasteiger partial charge in [0.1, 0.15) is 11.9 Å². The standard InChI is InChI=1S/C14H15FN2O3/c15-10-3-1-4-11(9(10)6-7-13(18)19)17-8-2-5-12(17)14(16)20/h1,3-4,6-7,12H,2,5,8H2,(H2,16,20)(H,18,19)/b7-6+. The number of carboxylic acid groups (broad SMARTS) is 1. The van der Waals surface area contributed by atoms with Crippen molar-refractivity contribution >= 4 is 23.6 Å². The van der Waals surface area contributed by atoms with E-state index >= 15 is 0 Å². The number of hydrogen-bond acceptors (Lipinski definition) is 3. The van der Waals surface area contributed by atoms with E-state index in [1.54, 1.807) is 11.0 Å². The van der Waals surface area contributed by atoms with E-state index < -0.39 is 23.7 Å². The van der Waals surface area contributed by atoms with Crippen LogP contribution in [0.3, 0.4) is 0 Å². The highest BCUT2D eigenvalue weighted by molar-refractivity contribution is 5.89. The van der Waals surface area contributed by atoms with Crippen LogP contribution in [0.4, 0.5) is 10.1 Å². The quantitative estimate of drug-likeness (QED) is 0.815. The summed E-state index contributed by atoms with van der Waals surface area (Å²) in [4.78, 5) is 23.7. The van der Waals surface area contributed by atoms with Crippen molar-refractivity contribution in [3.05, 3.63) is 35.7 Å². The van der Waals surface area contributed by atoms with Gasteiger partial charge in [-0.25, -0.2) is 9.18 Å². The van der Waals surface area contributed by atoms with Crippen molar-refractivity contribution in [3.63, 3.8) is 0 Å². The number of amides is 1. The maximum atomic E-state index is 13.9. The van der Waals surface area contributed by atoms with Crippen molar-refractivity contribution in [2.45, 2.75) is 18.9 Å². The van der Waals surface area contributed by atoms with Gasteiger partial charge in [0.05, 0.1) is 0 Å². The summed E-state index contributed by atoms with van der Waals surface area (Å²) in [7, 11) is 0. The molecule has 1 amide bonds. The van der Waals surface area contributed by atoms with E-state index in [4.69, 9.17) is 10.8 Å². The lowest BCUT2D eigenvalue weighted by molar-refractivity contribution is -0.131. The summed E-state index contributed by atoms with van der Waals surface area (Å²) in [5.74, 6) is -2.15. The van der Waals surface area contributed by atoms with Gasteiger partial charge in [0, 0.05) is 23.9 Å². The Balaban J connectivity index is 2.43. The average molecular weight is 278 g/mol. The summed E-state index contributed by atoms with van der Waals surface area (Å²) in [5, 5.41) is 8.67. The Morgan fingerprint density at radius 3 is 2.85 bits per heavy atom. The van der Waals surface area contributed by atoms with Gasteiger partial charge in [0.15, 0.2) is 0 Å². The van der Waals surface area contributed by atoms with Crippen molar-refractivity contribution in [2.75, 3.05) is 11.4 Å². The van der Waals surface area contributed by atoms with Crippen LogP contribution >= 0.6 is 0 Å². The van der Waals surface area contributed by atoms with Crippen LogP contribution in [0.5, 0.6) is 0 Å². The molecule has 1 saturated heterocycles. The van der Waals surface area contributed by atoms with Crippen LogP contribution in [0.15, 0.2) is 24.3 Å². The SMILES string of the molecule is NC(=O)C1CCCN1c1cccc(F)c1/C=C/C(=O)O. The van der Waals surface area contributed by atoms with Crippen LogP contribution in [0.25, 0.3) is 6.08 Å². The molecule has 0 aromatic heterocycles. The minimum atomic E-state index is -1.16. The first-order chi connectivity index (χ1) is 9.50. The molecular formula is C14H15FN2O3. The zero-order chi connectivity index (χ0) is 14.7. The summed E-state index contributed by atoms with van der Waals surface area (Å²) in [6.45, 7) is 0.588. The maximum absolute atomic E-state index is 13.9. The Labute approximate surface area is 115 Å². The van der Waals surface area contributed by atoms with E-state index in [0.29, 0.717) is 18.7 Å². The number of nitrogens with two attached hydrogens (primary N) is 1. The average Bonchev–Trinajstić information content (AvgIpc) is 2.86. The predicted octanol–water partition coefficient (Wildman–Crippen LogP) is 1.38. The fraction of sp³-hybridized carbons (Fsp3) is 0.286. The number of benzene rings is 1. The topological polar surface area (TPSA) is 83.6 Å². The van der Waals surface area contributed by atoms with Gasteiger partial charge in [-0.1, -0.05) is 6.07 Å². The molecule has 0 aliphatic carbocycles. The molecule has 1 aliphatic rings. The lowest BCUT2D eigenvalue weighted by Crippen LogP contribution is -2.40. The molecule has 1 aromatic carbocycles. The van der Waals surface area contributed by atoms with E-state index in [0.717, 1.165) is 12.5 Å². The maximum Gasteiger partial charge on any atom is 0.328 e. The van der Waals surface area contributed by atoms with E-state index in [1.807, 2.05) is 0 Å². The number of anilines is 1. The molecule has 6 heteroatoms. The van der Waals surface area contributed by atoms with Crippen LogP contribution in [-0.4, -0.2) is 29.6 Å². The van der Waals surface area contributed by atoms with Gasteiger partial charge in [-0.3, -0.25) is 4.79 Å². The first-order valence-electron chi connectivity index (χ1n) is 6.26. The lowest BCUT2D eigenvalue weighted by Gasteiger charge is -2.26. The molecule has 3 N–H and O–H groups in total. The molecule has 0 radical (unpaired) electrons. The summed E-state index contributed by atoms with van der Waals surface area (Å²) < 4.78 is 13.9. The molecule has 106 valence electrons. The van der Waals surface area contributed by atoms with Crippen molar-refractivity contribution in [1.29, 1.82) is 0 Å². The Bertz CT molecular complexity index is 572. The second-order valence-electron chi connectivity index (χ2n) is 4.60. The van der Waals surface area contributed by atoms with Gasteiger partial charge >= 0.3 is 5.97 Å². The molecule has 20 heavy (non-hydrogen) atoms. The summed E-state index contributed by atoms with van der Waals surface area (Å²) >= 11 is 0. The van der Waals surface area contributed by atoms with E-state index in [9.17, 15) is 14.0 Å². The van der Waals surface area contributed by atoms with Gasteiger partial charge in [-0.2, -0.15) is 0 Å². The van der Waals surface area contributed by atoms with Gasteiger partial charge in [-0.05, 0) is 31.1 Å². The molecule has 0 bridgehead atoms. The highest BCUT2D eigenvalue weighted by Gasteiger charge is 2.30. The molecule has 0 saturated carbocycles. The third-order valence-electron chi connectivity index (χ3n) is 3.31. The molecule has 1 unspecified atom stereocenters. The van der Waals surface area contributed by atoms with Crippen LogP contribution < -0.4 is 10.6 Å². The van der Waals surface area contributed by atoms with Crippen LogP contribution in [0, 0.1) is 5.82 Å². The third-order valence-corrected chi connectivity index (χ3v) is 3.31. The molecule has 1 aromatic rings. The Kier molecular flexibility index (Phi) is 4.02. The highest BCUT2D eigenvalue weighted by Crippen LogP contribution is 2.31. The van der Waals surface area contributed by atoms with Crippen molar-refractivity contribution in [3.8, 4) is 0 Å².